The molecule has 1 aromatic carbocycles. The number of carbonyl (C=O) groups excluding carboxylic acids is 1. The first-order chi connectivity index (χ1) is 9.65. The average Bonchev–Trinajstić information content (AvgIpc) is 2.99. The van der Waals surface area contributed by atoms with Crippen molar-refractivity contribution in [2.24, 2.45) is 0 Å². The van der Waals surface area contributed by atoms with Gasteiger partial charge in [-0.25, -0.2) is 4.39 Å². The normalized spacial score (nSPS) is 10.1. The second-order valence-corrected chi connectivity index (χ2v) is 5.16. The fourth-order valence-corrected chi connectivity index (χ4v) is 2.52. The molecule has 20 heavy (non-hydrogen) atoms. The minimum absolute atomic E-state index is 0.105. The highest BCUT2D eigenvalue weighted by atomic mass is 32.1. The summed E-state index contributed by atoms with van der Waals surface area (Å²) in [6.45, 7) is 2.55. The topological polar surface area (TPSA) is 44.1 Å². The Morgan fingerprint density at radius 2 is 2.25 bits per heavy atom. The van der Waals surface area contributed by atoms with Crippen molar-refractivity contribution < 1.29 is 9.18 Å². The standard InChI is InChI=1S/C15H13FN2OS/c1-2-18(15(19)14-4-3-7-20-14)10-12-6-5-11(9-17)8-13(12)16/h3-8H,2,10H2,1H3. The van der Waals surface area contributed by atoms with E-state index in [4.69, 9.17) is 5.26 Å². The molecule has 0 spiro atoms. The van der Waals surface area contributed by atoms with Crippen molar-refractivity contribution in [3.8, 4) is 6.07 Å². The third kappa shape index (κ3) is 3.03. The predicted molar refractivity (Wildman–Crippen MR) is 75.8 cm³/mol. The quantitative estimate of drug-likeness (QED) is 0.865. The molecule has 5 heteroatoms. The van der Waals surface area contributed by atoms with Crippen molar-refractivity contribution in [1.82, 2.24) is 4.90 Å². The Morgan fingerprint density at radius 1 is 1.45 bits per heavy atom. The highest BCUT2D eigenvalue weighted by molar-refractivity contribution is 7.12. The fourth-order valence-electron chi connectivity index (χ4n) is 1.83. The molecule has 0 bridgehead atoms. The van der Waals surface area contributed by atoms with Crippen LogP contribution in [0, 0.1) is 17.1 Å². The molecule has 2 aromatic rings. The van der Waals surface area contributed by atoms with E-state index in [-0.39, 0.29) is 18.0 Å². The van der Waals surface area contributed by atoms with Gasteiger partial charge in [-0.05, 0) is 30.5 Å². The molecule has 0 saturated heterocycles. The third-order valence-corrected chi connectivity index (χ3v) is 3.80. The summed E-state index contributed by atoms with van der Waals surface area (Å²) in [6.07, 6.45) is 0. The lowest BCUT2D eigenvalue weighted by molar-refractivity contribution is 0.0756. The zero-order valence-electron chi connectivity index (χ0n) is 11.0. The van der Waals surface area contributed by atoms with Gasteiger partial charge in [-0.1, -0.05) is 12.1 Å². The van der Waals surface area contributed by atoms with Crippen LogP contribution in [0.5, 0.6) is 0 Å². The van der Waals surface area contributed by atoms with Crippen LogP contribution in [0.15, 0.2) is 35.7 Å². The molecule has 0 aliphatic heterocycles. The monoisotopic (exact) mass is 288 g/mol. The number of rotatable bonds is 4. The summed E-state index contributed by atoms with van der Waals surface area (Å²) in [5.74, 6) is -0.562. The summed E-state index contributed by atoms with van der Waals surface area (Å²) in [4.78, 5) is 14.5. The summed E-state index contributed by atoms with van der Waals surface area (Å²) in [5, 5.41) is 10.6. The maximum absolute atomic E-state index is 13.9. The molecule has 2 rings (SSSR count). The fraction of sp³-hybridized carbons (Fsp3) is 0.200. The minimum Gasteiger partial charge on any atom is -0.334 e. The summed E-state index contributed by atoms with van der Waals surface area (Å²) in [5.41, 5.74) is 0.689. The van der Waals surface area contributed by atoms with Crippen LogP contribution in [-0.4, -0.2) is 17.4 Å². The van der Waals surface area contributed by atoms with Crippen LogP contribution in [0.1, 0.15) is 27.7 Å². The highest BCUT2D eigenvalue weighted by Gasteiger charge is 2.17. The van der Waals surface area contributed by atoms with Crippen molar-refractivity contribution in [3.63, 3.8) is 0 Å². The van der Waals surface area contributed by atoms with Crippen molar-refractivity contribution in [2.75, 3.05) is 6.54 Å². The van der Waals surface area contributed by atoms with E-state index in [0.717, 1.165) is 0 Å². The third-order valence-electron chi connectivity index (χ3n) is 2.94. The molecule has 0 N–H and O–H groups in total. The van der Waals surface area contributed by atoms with Gasteiger partial charge in [0.15, 0.2) is 0 Å². The van der Waals surface area contributed by atoms with E-state index in [2.05, 4.69) is 0 Å². The lowest BCUT2D eigenvalue weighted by atomic mass is 10.1. The van der Waals surface area contributed by atoms with Crippen LogP contribution in [0.4, 0.5) is 4.39 Å². The predicted octanol–water partition coefficient (Wildman–Crippen LogP) is 3.42. The van der Waals surface area contributed by atoms with E-state index in [0.29, 0.717) is 17.0 Å². The molecule has 0 radical (unpaired) electrons. The molecule has 0 aliphatic carbocycles. The zero-order chi connectivity index (χ0) is 14.5. The number of benzene rings is 1. The van der Waals surface area contributed by atoms with Crippen molar-refractivity contribution >= 4 is 17.2 Å². The Bertz CT molecular complexity index is 646. The Morgan fingerprint density at radius 3 is 2.80 bits per heavy atom. The van der Waals surface area contributed by atoms with Crippen LogP contribution in [0.2, 0.25) is 0 Å². The molecule has 0 fully saturated rings. The molecule has 1 heterocycles. The first-order valence-electron chi connectivity index (χ1n) is 6.17. The molecule has 0 aliphatic rings. The van der Waals surface area contributed by atoms with E-state index >= 15 is 0 Å². The molecule has 3 nitrogen and oxygen atoms in total. The van der Waals surface area contributed by atoms with E-state index in [1.807, 2.05) is 24.4 Å². The van der Waals surface area contributed by atoms with E-state index < -0.39 is 5.82 Å². The molecular formula is C15H13FN2OS. The van der Waals surface area contributed by atoms with Gasteiger partial charge in [0.25, 0.3) is 5.91 Å². The highest BCUT2D eigenvalue weighted by Crippen LogP contribution is 2.17. The summed E-state index contributed by atoms with van der Waals surface area (Å²) in [6, 6.07) is 9.76. The first kappa shape index (κ1) is 14.2. The van der Waals surface area contributed by atoms with E-state index in [1.54, 1.807) is 23.1 Å². The largest absolute Gasteiger partial charge is 0.334 e. The van der Waals surface area contributed by atoms with Crippen LogP contribution in [-0.2, 0) is 6.54 Å². The number of thiophene rings is 1. The first-order valence-corrected chi connectivity index (χ1v) is 7.05. The number of hydrogen-bond donors (Lipinski definition) is 0. The number of nitrogens with zero attached hydrogens (tertiary/aromatic N) is 2. The van der Waals surface area contributed by atoms with Crippen molar-refractivity contribution in [1.29, 1.82) is 5.26 Å². The van der Waals surface area contributed by atoms with Gasteiger partial charge >= 0.3 is 0 Å². The maximum Gasteiger partial charge on any atom is 0.264 e. The van der Waals surface area contributed by atoms with E-state index in [1.165, 1.54) is 17.4 Å². The zero-order valence-corrected chi connectivity index (χ0v) is 11.8. The lowest BCUT2D eigenvalue weighted by Crippen LogP contribution is -2.30. The van der Waals surface area contributed by atoms with Gasteiger partial charge in [0, 0.05) is 18.7 Å². The molecular weight excluding hydrogens is 275 g/mol. The second kappa shape index (κ2) is 6.31. The van der Waals surface area contributed by atoms with Crippen molar-refractivity contribution in [3.05, 3.63) is 57.5 Å². The van der Waals surface area contributed by atoms with Crippen molar-refractivity contribution in [2.45, 2.75) is 13.5 Å². The number of hydrogen-bond acceptors (Lipinski definition) is 3. The minimum atomic E-state index is -0.457. The number of nitriles is 1. The molecule has 1 amide bonds. The summed E-state index contributed by atoms with van der Waals surface area (Å²) >= 11 is 1.37. The van der Waals surface area contributed by atoms with Gasteiger partial charge in [0.1, 0.15) is 5.82 Å². The van der Waals surface area contributed by atoms with Crippen LogP contribution in [0.25, 0.3) is 0 Å². The van der Waals surface area contributed by atoms with E-state index in [9.17, 15) is 9.18 Å². The maximum atomic E-state index is 13.9. The van der Waals surface area contributed by atoms with Gasteiger partial charge in [-0.2, -0.15) is 5.26 Å². The summed E-state index contributed by atoms with van der Waals surface area (Å²) in [7, 11) is 0. The number of carbonyl (C=O) groups is 1. The van der Waals surface area contributed by atoms with Gasteiger partial charge < -0.3 is 4.90 Å². The Labute approximate surface area is 120 Å². The van der Waals surface area contributed by atoms with Crippen LogP contribution < -0.4 is 0 Å². The molecule has 0 saturated carbocycles. The smallest absolute Gasteiger partial charge is 0.264 e. The summed E-state index contributed by atoms with van der Waals surface area (Å²) < 4.78 is 13.9. The SMILES string of the molecule is CCN(Cc1ccc(C#N)cc1F)C(=O)c1cccs1. The second-order valence-electron chi connectivity index (χ2n) is 4.21. The molecule has 0 atom stereocenters. The number of halogens is 1. The molecule has 102 valence electrons. The van der Waals surface area contributed by atoms with Crippen LogP contribution in [0.3, 0.4) is 0 Å². The Hall–Kier alpha value is -2.19. The Kier molecular flexibility index (Phi) is 4.49. The average molecular weight is 288 g/mol. The molecule has 1 aromatic heterocycles. The van der Waals surface area contributed by atoms with Gasteiger partial charge in [-0.15, -0.1) is 11.3 Å². The molecule has 0 unspecified atom stereocenters. The number of amides is 1. The Balaban J connectivity index is 2.19. The van der Waals surface area contributed by atoms with Gasteiger partial charge in [-0.3, -0.25) is 4.79 Å². The van der Waals surface area contributed by atoms with Gasteiger partial charge in [0.2, 0.25) is 0 Å². The lowest BCUT2D eigenvalue weighted by Gasteiger charge is -2.20. The van der Waals surface area contributed by atoms with Crippen LogP contribution >= 0.6 is 11.3 Å². The van der Waals surface area contributed by atoms with Gasteiger partial charge in [0.05, 0.1) is 16.5 Å².